The number of rotatable bonds is 5. The van der Waals surface area contributed by atoms with Crippen LogP contribution in [0.1, 0.15) is 10.4 Å². The van der Waals surface area contributed by atoms with Gasteiger partial charge in [-0.05, 0) is 30.3 Å². The Morgan fingerprint density at radius 3 is 2.18 bits per heavy atom. The van der Waals surface area contributed by atoms with Gasteiger partial charge in [0.25, 0.3) is 11.6 Å². The van der Waals surface area contributed by atoms with Gasteiger partial charge in [0.15, 0.2) is 0 Å². The molecule has 1 amide bonds. The highest BCUT2D eigenvalue weighted by Crippen LogP contribution is 2.43. The molecule has 28 heavy (non-hydrogen) atoms. The van der Waals surface area contributed by atoms with E-state index >= 15 is 0 Å². The molecule has 0 aliphatic carbocycles. The lowest BCUT2D eigenvalue weighted by Gasteiger charge is -2.23. The summed E-state index contributed by atoms with van der Waals surface area (Å²) in [5, 5.41) is 16.0. The molecule has 0 radical (unpaired) electrons. The number of amides is 1. The highest BCUT2D eigenvalue weighted by molar-refractivity contribution is 6.15. The number of fused-ring (bicyclic) bond motifs is 1. The molecule has 1 N–H and O–H groups in total. The quantitative estimate of drug-likeness (QED) is 0.533. The van der Waals surface area contributed by atoms with Gasteiger partial charge in [0.05, 0.1) is 4.92 Å². The van der Waals surface area contributed by atoms with Crippen LogP contribution in [0.3, 0.4) is 0 Å². The first-order chi connectivity index (χ1) is 13.3. The molecule has 144 valence electrons. The molecule has 3 aromatic rings. The average Bonchev–Trinajstić information content (AvgIpc) is 2.67. The van der Waals surface area contributed by atoms with Crippen LogP contribution in [-0.2, 0) is 0 Å². The van der Waals surface area contributed by atoms with E-state index in [4.69, 9.17) is 0 Å². The zero-order chi connectivity index (χ0) is 20.4. The Morgan fingerprint density at radius 2 is 1.61 bits per heavy atom. The normalized spacial score (nSPS) is 10.6. The van der Waals surface area contributed by atoms with Crippen LogP contribution >= 0.6 is 0 Å². The van der Waals surface area contributed by atoms with Crippen LogP contribution in [0.2, 0.25) is 0 Å². The van der Waals surface area contributed by atoms with Crippen LogP contribution in [0.15, 0.2) is 54.6 Å². The third-order valence-electron chi connectivity index (χ3n) is 4.52. The molecular formula is C21H22N4O3. The molecule has 0 heterocycles. The maximum absolute atomic E-state index is 12.6. The molecule has 0 unspecified atom stereocenters. The molecular weight excluding hydrogens is 356 g/mol. The van der Waals surface area contributed by atoms with Crippen LogP contribution in [0.25, 0.3) is 10.8 Å². The summed E-state index contributed by atoms with van der Waals surface area (Å²) in [7, 11) is 7.32. The molecule has 7 heteroatoms. The second-order valence-electron chi connectivity index (χ2n) is 6.85. The van der Waals surface area contributed by atoms with Gasteiger partial charge in [-0.3, -0.25) is 14.9 Å². The SMILES string of the molecule is CN(C)c1ccc(NC(=O)c2ccccc2)c2ccc([N+](=O)[O-])c(N(C)C)c12. The fourth-order valence-corrected chi connectivity index (χ4v) is 3.27. The minimum atomic E-state index is -0.385. The van der Waals surface area contributed by atoms with Crippen molar-refractivity contribution >= 4 is 39.4 Å². The largest absolute Gasteiger partial charge is 0.377 e. The van der Waals surface area contributed by atoms with E-state index in [1.54, 1.807) is 49.3 Å². The molecule has 3 aromatic carbocycles. The molecule has 0 spiro atoms. The van der Waals surface area contributed by atoms with Crippen molar-refractivity contribution in [3.8, 4) is 0 Å². The molecule has 0 atom stereocenters. The first-order valence-corrected chi connectivity index (χ1v) is 8.76. The lowest BCUT2D eigenvalue weighted by molar-refractivity contribution is -0.384. The van der Waals surface area contributed by atoms with Crippen LogP contribution < -0.4 is 15.1 Å². The van der Waals surface area contributed by atoms with E-state index in [1.807, 2.05) is 37.2 Å². The number of anilines is 3. The molecule has 0 aliphatic heterocycles. The molecule has 0 saturated carbocycles. The van der Waals surface area contributed by atoms with Crippen molar-refractivity contribution in [2.45, 2.75) is 0 Å². The summed E-state index contributed by atoms with van der Waals surface area (Å²) in [6.07, 6.45) is 0. The molecule has 3 rings (SSSR count). The maximum atomic E-state index is 12.6. The van der Waals surface area contributed by atoms with Crippen LogP contribution in [0.4, 0.5) is 22.7 Å². The maximum Gasteiger partial charge on any atom is 0.293 e. The van der Waals surface area contributed by atoms with E-state index in [1.165, 1.54) is 6.07 Å². The van der Waals surface area contributed by atoms with Gasteiger partial charge in [0, 0.05) is 62.0 Å². The Bertz CT molecular complexity index is 1050. The van der Waals surface area contributed by atoms with Crippen LogP contribution in [0, 0.1) is 10.1 Å². The first kappa shape index (κ1) is 19.2. The lowest BCUT2D eigenvalue weighted by atomic mass is 10.0. The summed E-state index contributed by atoms with van der Waals surface area (Å²) in [6.45, 7) is 0. The predicted molar refractivity (Wildman–Crippen MR) is 114 cm³/mol. The Kier molecular flexibility index (Phi) is 5.17. The third-order valence-corrected chi connectivity index (χ3v) is 4.52. The number of nitrogens with one attached hydrogen (secondary N) is 1. The van der Waals surface area contributed by atoms with Gasteiger partial charge >= 0.3 is 0 Å². The highest BCUT2D eigenvalue weighted by atomic mass is 16.6. The van der Waals surface area contributed by atoms with Crippen LogP contribution in [-0.4, -0.2) is 39.0 Å². The standard InChI is InChI=1S/C21H22N4O3/c1-23(2)17-13-11-16(22-21(26)14-8-6-5-7-9-14)15-10-12-18(25(27)28)20(19(15)17)24(3)4/h5-13H,1-4H3,(H,22,26). The van der Waals surface area contributed by atoms with Gasteiger partial charge in [0.2, 0.25) is 0 Å². The predicted octanol–water partition coefficient (Wildman–Crippen LogP) is 4.13. The second kappa shape index (κ2) is 7.56. The minimum absolute atomic E-state index is 0.0205. The minimum Gasteiger partial charge on any atom is -0.377 e. The van der Waals surface area contributed by atoms with Crippen molar-refractivity contribution in [3.63, 3.8) is 0 Å². The first-order valence-electron chi connectivity index (χ1n) is 8.76. The summed E-state index contributed by atoms with van der Waals surface area (Å²) < 4.78 is 0. The second-order valence-corrected chi connectivity index (χ2v) is 6.85. The number of hydrogen-bond acceptors (Lipinski definition) is 5. The summed E-state index contributed by atoms with van der Waals surface area (Å²) in [5.74, 6) is -0.232. The molecule has 0 aliphatic rings. The van der Waals surface area contributed by atoms with E-state index in [-0.39, 0.29) is 16.5 Å². The van der Waals surface area contributed by atoms with Crippen LogP contribution in [0.5, 0.6) is 0 Å². The number of benzene rings is 3. The van der Waals surface area contributed by atoms with E-state index < -0.39 is 0 Å². The van der Waals surface area contributed by atoms with Crippen molar-refractivity contribution in [1.29, 1.82) is 0 Å². The number of carbonyl (C=O) groups is 1. The third kappa shape index (κ3) is 3.46. The molecule has 0 aromatic heterocycles. The Balaban J connectivity index is 2.24. The van der Waals surface area contributed by atoms with Gasteiger partial charge in [-0.2, -0.15) is 0 Å². The number of nitrogens with zero attached hydrogens (tertiary/aromatic N) is 3. The molecule has 7 nitrogen and oxygen atoms in total. The number of carbonyl (C=O) groups excluding carboxylic acids is 1. The van der Waals surface area contributed by atoms with Gasteiger partial charge in [-0.15, -0.1) is 0 Å². The Labute approximate surface area is 163 Å². The van der Waals surface area contributed by atoms with Gasteiger partial charge in [0.1, 0.15) is 5.69 Å². The number of nitro benzene ring substituents is 1. The lowest BCUT2D eigenvalue weighted by Crippen LogP contribution is -2.16. The van der Waals surface area contributed by atoms with E-state index in [0.717, 1.165) is 16.5 Å². The Morgan fingerprint density at radius 1 is 0.929 bits per heavy atom. The van der Waals surface area contributed by atoms with E-state index in [2.05, 4.69) is 5.32 Å². The van der Waals surface area contributed by atoms with Crippen molar-refractivity contribution in [2.75, 3.05) is 43.3 Å². The van der Waals surface area contributed by atoms with E-state index in [9.17, 15) is 14.9 Å². The fourth-order valence-electron chi connectivity index (χ4n) is 3.27. The molecule has 0 fully saturated rings. The Hall–Kier alpha value is -3.61. The topological polar surface area (TPSA) is 78.7 Å². The van der Waals surface area contributed by atoms with Crippen molar-refractivity contribution in [1.82, 2.24) is 0 Å². The van der Waals surface area contributed by atoms with Gasteiger partial charge in [-0.25, -0.2) is 0 Å². The summed E-state index contributed by atoms with van der Waals surface area (Å²) in [6, 6.07) is 15.8. The van der Waals surface area contributed by atoms with Gasteiger partial charge < -0.3 is 15.1 Å². The van der Waals surface area contributed by atoms with Crippen molar-refractivity contribution in [3.05, 3.63) is 70.3 Å². The van der Waals surface area contributed by atoms with Gasteiger partial charge in [-0.1, -0.05) is 18.2 Å². The summed E-state index contributed by atoms with van der Waals surface area (Å²) >= 11 is 0. The molecule has 0 saturated heterocycles. The molecule has 0 bridgehead atoms. The average molecular weight is 378 g/mol. The zero-order valence-electron chi connectivity index (χ0n) is 16.3. The summed E-state index contributed by atoms with van der Waals surface area (Å²) in [4.78, 5) is 27.5. The van der Waals surface area contributed by atoms with Crippen molar-refractivity contribution < 1.29 is 9.72 Å². The zero-order valence-corrected chi connectivity index (χ0v) is 16.3. The number of nitro groups is 1. The smallest absolute Gasteiger partial charge is 0.293 e. The highest BCUT2D eigenvalue weighted by Gasteiger charge is 2.23. The summed E-state index contributed by atoms with van der Waals surface area (Å²) in [5.41, 5.74) is 2.50. The fraction of sp³-hybridized carbons (Fsp3) is 0.190. The van der Waals surface area contributed by atoms with Crippen molar-refractivity contribution in [2.24, 2.45) is 0 Å². The van der Waals surface area contributed by atoms with E-state index in [0.29, 0.717) is 16.9 Å². The number of hydrogen-bond donors (Lipinski definition) is 1. The monoisotopic (exact) mass is 378 g/mol.